The van der Waals surface area contributed by atoms with Gasteiger partial charge >= 0.3 is 29.8 Å². The van der Waals surface area contributed by atoms with Crippen LogP contribution in [0.3, 0.4) is 0 Å². The standard InChI is InChI=1S/C26H23NO2.C22H18BrNO2.C21H17ClN2O2.C17H13Cl2NO2.C17H15ClN2O2/c1-18-23(24-17-22(26(28)29-2)14-15-25(24)27-18)16-21-12-10-20(11-13-21)9-8-19-6-4-3-5-7-19;1-13-18(19-12-16(22(25)26-2)9-10-20(19)24-13)11-15-8-7-14-5-3-4-6-17(14)21(15)23;1-12-16(17-9-13(21(25)26-2)7-8-18(17)24-12)10-19-20(22)15-6-4-3-5-14(15)11-23-19;1-22-17(21)11-3-5-16-14(7-11)12(9-20-16)6-10-2-4-13(18)8-15(10)19;1-10-13(7-11-5-6-19-9-15(11)18)14-8-12(17(21)22-2)3-4-16(14)20-10/h3-15,17,27H,16H2,1-2H3;3-10,12,24H,11H2,1-2H3;3-9,11,24H,10H2,1-2H3;2-5,7-9,20H,6H2,1H3;3-6,8-9,20H,7H2,1-2H3/b9-8+;;;;. The van der Waals surface area contributed by atoms with Crippen molar-refractivity contribution in [2.24, 2.45) is 0 Å². The fourth-order valence-electron chi connectivity index (χ4n) is 15.4. The van der Waals surface area contributed by atoms with E-state index in [1.165, 1.54) is 79.7 Å². The van der Waals surface area contributed by atoms with E-state index in [4.69, 9.17) is 70.1 Å². The summed E-state index contributed by atoms with van der Waals surface area (Å²) in [5.74, 6) is -1.67. The molecule has 0 aliphatic carbocycles. The summed E-state index contributed by atoms with van der Waals surface area (Å²) >= 11 is 28.8. The van der Waals surface area contributed by atoms with Gasteiger partial charge in [-0.15, -0.1) is 0 Å². The van der Waals surface area contributed by atoms with Crippen LogP contribution in [0, 0.1) is 27.7 Å². The number of ether oxygens (including phenoxy) is 5. The first-order valence-corrected chi connectivity index (χ1v) is 42.3. The van der Waals surface area contributed by atoms with Crippen molar-refractivity contribution in [3.05, 3.63) is 397 Å². The number of nitrogens with one attached hydrogen (secondary N) is 5. The van der Waals surface area contributed by atoms with Crippen molar-refractivity contribution in [1.82, 2.24) is 34.9 Å². The monoisotopic (exact) mass is 1800 g/mol. The van der Waals surface area contributed by atoms with E-state index < -0.39 is 0 Å². The van der Waals surface area contributed by atoms with E-state index in [-0.39, 0.29) is 29.8 Å². The Balaban J connectivity index is 0.000000127. The van der Waals surface area contributed by atoms with Crippen molar-refractivity contribution in [3.8, 4) is 0 Å². The van der Waals surface area contributed by atoms with E-state index in [1.54, 1.807) is 48.8 Å². The molecular weight excluding hydrogens is 1720 g/mol. The van der Waals surface area contributed by atoms with Crippen LogP contribution in [0.1, 0.15) is 141 Å². The molecule has 22 heteroatoms. The number of fused-ring (bicyclic) bond motifs is 7. The summed E-state index contributed by atoms with van der Waals surface area (Å²) in [6, 6.07) is 74.6. The molecule has 0 bridgehead atoms. The van der Waals surface area contributed by atoms with E-state index in [1.807, 2.05) is 154 Å². The lowest BCUT2D eigenvalue weighted by molar-refractivity contribution is 0.0592. The molecule has 628 valence electrons. The van der Waals surface area contributed by atoms with Crippen LogP contribution >= 0.6 is 62.3 Å². The first kappa shape index (κ1) is 88.0. The fraction of sp³-hybridized carbons (Fsp3) is 0.136. The number of hydrogen-bond acceptors (Lipinski definition) is 12. The Bertz CT molecular complexity index is 6950. The number of halogens is 5. The number of benzene rings is 11. The number of rotatable bonds is 17. The number of aromatic nitrogens is 7. The van der Waals surface area contributed by atoms with Crippen LogP contribution in [0.4, 0.5) is 0 Å². The van der Waals surface area contributed by atoms with Gasteiger partial charge in [0.2, 0.25) is 0 Å². The van der Waals surface area contributed by atoms with Crippen molar-refractivity contribution in [3.63, 3.8) is 0 Å². The molecule has 0 atom stereocenters. The smallest absolute Gasteiger partial charge is 0.337 e. The molecule has 0 unspecified atom stereocenters. The largest absolute Gasteiger partial charge is 0.465 e. The third kappa shape index (κ3) is 20.3. The van der Waals surface area contributed by atoms with Gasteiger partial charge in [0, 0.05) is 153 Å². The van der Waals surface area contributed by atoms with Gasteiger partial charge < -0.3 is 48.6 Å². The molecule has 0 aliphatic heterocycles. The first-order chi connectivity index (χ1) is 60.5. The maximum atomic E-state index is 11.9. The van der Waals surface area contributed by atoms with Crippen LogP contribution in [0.2, 0.25) is 20.1 Å². The number of esters is 5. The molecule has 0 aliphatic rings. The van der Waals surface area contributed by atoms with Gasteiger partial charge in [0.25, 0.3) is 0 Å². The van der Waals surface area contributed by atoms with E-state index in [2.05, 4.69) is 144 Å². The molecule has 0 spiro atoms. The highest BCUT2D eigenvalue weighted by atomic mass is 79.9. The second-order valence-corrected chi connectivity index (χ2v) is 32.3. The highest BCUT2D eigenvalue weighted by Gasteiger charge is 2.22. The highest BCUT2D eigenvalue weighted by Crippen LogP contribution is 2.37. The summed E-state index contributed by atoms with van der Waals surface area (Å²) in [6.07, 6.45) is 14.9. The molecule has 7 aromatic heterocycles. The SMILES string of the molecule is COC(=O)c1ccc2[nH]c(C)c(Cc3ccc(/C=C/c4ccccc4)cc3)c2c1.COC(=O)c1ccc2[nH]c(C)c(Cc3ccc4ccccc4c3Br)c2c1.COC(=O)c1ccc2[nH]c(C)c(Cc3ccncc3Cl)c2c1.COC(=O)c1ccc2[nH]c(C)c(Cc3ncc4ccccc4c3Cl)c2c1.COC(=O)c1ccc2[nH]cc(Cc3ccc(Cl)cc3Cl)c2c1. The zero-order valence-electron chi connectivity index (χ0n) is 69.8. The number of carbonyl (C=O) groups is 5. The van der Waals surface area contributed by atoms with Gasteiger partial charge in [-0.2, -0.15) is 0 Å². The molecule has 7 heterocycles. The van der Waals surface area contributed by atoms with Gasteiger partial charge in [-0.25, -0.2) is 24.0 Å². The lowest BCUT2D eigenvalue weighted by Gasteiger charge is -2.09. The van der Waals surface area contributed by atoms with Crippen LogP contribution in [-0.4, -0.2) is 100 Å². The maximum Gasteiger partial charge on any atom is 0.337 e. The quantitative estimate of drug-likeness (QED) is 0.0325. The molecule has 0 amide bonds. The molecular formula is C103H86BrCl4N7O10. The van der Waals surface area contributed by atoms with Crippen LogP contribution in [0.5, 0.6) is 0 Å². The van der Waals surface area contributed by atoms with Crippen LogP contribution in [0.15, 0.2) is 260 Å². The van der Waals surface area contributed by atoms with Crippen molar-refractivity contribution >= 4 is 180 Å². The fourth-order valence-corrected chi connectivity index (χ4v) is 17.0. The van der Waals surface area contributed by atoms with E-state index in [0.717, 1.165) is 139 Å². The summed E-state index contributed by atoms with van der Waals surface area (Å²) in [5.41, 5.74) is 25.3. The average molecular weight is 1800 g/mol. The first-order valence-electron chi connectivity index (χ1n) is 40.0. The van der Waals surface area contributed by atoms with Crippen LogP contribution < -0.4 is 0 Å². The van der Waals surface area contributed by atoms with Gasteiger partial charge in [-0.05, 0) is 231 Å². The number of pyridine rings is 2. The van der Waals surface area contributed by atoms with Crippen LogP contribution in [-0.2, 0) is 55.8 Å². The Labute approximate surface area is 750 Å². The minimum Gasteiger partial charge on any atom is -0.465 e. The lowest BCUT2D eigenvalue weighted by atomic mass is 9.98. The maximum absolute atomic E-state index is 11.9. The third-order valence-electron chi connectivity index (χ3n) is 22.1. The predicted molar refractivity (Wildman–Crippen MR) is 507 cm³/mol. The van der Waals surface area contributed by atoms with E-state index in [0.29, 0.717) is 67.2 Å². The molecule has 11 aromatic carbocycles. The zero-order valence-corrected chi connectivity index (χ0v) is 74.4. The lowest BCUT2D eigenvalue weighted by Crippen LogP contribution is -2.01. The summed E-state index contributed by atoms with van der Waals surface area (Å²) < 4.78 is 25.2. The average Bonchev–Trinajstić information content (AvgIpc) is 1.87. The molecule has 0 saturated heterocycles. The summed E-state index contributed by atoms with van der Waals surface area (Å²) in [7, 11) is 6.95. The van der Waals surface area contributed by atoms with Crippen molar-refractivity contribution in [1.29, 1.82) is 0 Å². The Hall–Kier alpha value is -13.3. The molecule has 17 nitrogen and oxygen atoms in total. The normalized spacial score (nSPS) is 11.1. The van der Waals surface area contributed by atoms with E-state index in [9.17, 15) is 24.0 Å². The Morgan fingerprint density at radius 1 is 0.360 bits per heavy atom. The van der Waals surface area contributed by atoms with Crippen molar-refractivity contribution < 1.29 is 47.7 Å². The Morgan fingerprint density at radius 3 is 1.26 bits per heavy atom. The molecule has 0 radical (unpaired) electrons. The Kier molecular flexibility index (Phi) is 28.1. The Morgan fingerprint density at radius 2 is 0.776 bits per heavy atom. The van der Waals surface area contributed by atoms with Gasteiger partial charge in [0.05, 0.1) is 79.1 Å². The van der Waals surface area contributed by atoms with Gasteiger partial charge in [-0.1, -0.05) is 180 Å². The number of hydrogen-bond donors (Lipinski definition) is 5. The number of nitrogens with zero attached hydrogens (tertiary/aromatic N) is 2. The van der Waals surface area contributed by atoms with Crippen molar-refractivity contribution in [2.75, 3.05) is 35.5 Å². The minimum absolute atomic E-state index is 0.314. The second kappa shape index (κ2) is 39.9. The van der Waals surface area contributed by atoms with Gasteiger partial charge in [-0.3, -0.25) is 9.97 Å². The number of H-pyrrole nitrogens is 5. The number of aryl methyl sites for hydroxylation is 4. The second-order valence-electron chi connectivity index (χ2n) is 29.9. The molecule has 0 saturated carbocycles. The summed E-state index contributed by atoms with van der Waals surface area (Å²) in [5, 5.41) is 12.1. The van der Waals surface area contributed by atoms with Gasteiger partial charge in [0.1, 0.15) is 0 Å². The minimum atomic E-state index is -0.349. The number of carbonyl (C=O) groups excluding carboxylic acids is 5. The molecule has 0 fully saturated rings. The summed E-state index contributed by atoms with van der Waals surface area (Å²) in [4.78, 5) is 84.4. The predicted octanol–water partition coefficient (Wildman–Crippen LogP) is 25.6. The zero-order chi connectivity index (χ0) is 88.1. The van der Waals surface area contributed by atoms with Crippen molar-refractivity contribution in [2.45, 2.75) is 59.8 Å². The topological polar surface area (TPSA) is 236 Å². The van der Waals surface area contributed by atoms with Gasteiger partial charge in [0.15, 0.2) is 0 Å². The van der Waals surface area contributed by atoms with E-state index >= 15 is 0 Å². The molecule has 5 N–H and O–H groups in total. The molecule has 18 rings (SSSR count). The molecule has 125 heavy (non-hydrogen) atoms. The highest BCUT2D eigenvalue weighted by molar-refractivity contribution is 9.10. The summed E-state index contributed by atoms with van der Waals surface area (Å²) in [6.45, 7) is 8.18. The third-order valence-corrected chi connectivity index (χ3v) is 24.3. The molecule has 18 aromatic rings. The number of aromatic amines is 5. The number of methoxy groups -OCH3 is 5. The van der Waals surface area contributed by atoms with Crippen LogP contribution in [0.25, 0.3) is 88.2 Å².